The number of carbonyl (C=O) groups excluding carboxylic acids is 2. The summed E-state index contributed by atoms with van der Waals surface area (Å²) in [7, 11) is 1.50. The van der Waals surface area contributed by atoms with Gasteiger partial charge in [-0.25, -0.2) is 0 Å². The zero-order valence-electron chi connectivity index (χ0n) is 46.5. The first-order valence-corrected chi connectivity index (χ1v) is 27.6. The number of nitrogens with one attached hydrogen (secondary N) is 3. The highest BCUT2D eigenvalue weighted by atomic mass is 35.5. The van der Waals surface area contributed by atoms with Crippen LogP contribution >= 0.6 is 23.2 Å². The third-order valence-corrected chi connectivity index (χ3v) is 13.8. The first-order chi connectivity index (χ1) is 38.2. The molecule has 15 nitrogen and oxygen atoms in total. The van der Waals surface area contributed by atoms with E-state index in [0.29, 0.717) is 75.7 Å². The second-order valence-corrected chi connectivity index (χ2v) is 20.7. The number of ether oxygens (including phenoxy) is 6. The van der Waals surface area contributed by atoms with Crippen LogP contribution in [0.2, 0.25) is 10.0 Å². The molecule has 3 fully saturated rings. The van der Waals surface area contributed by atoms with E-state index >= 15 is 0 Å². The van der Waals surface area contributed by atoms with Crippen LogP contribution in [0.25, 0.3) is 11.1 Å². The smallest absolute Gasteiger partial charge is 0.323 e. The topological polar surface area (TPSA) is 212 Å². The van der Waals surface area contributed by atoms with Gasteiger partial charge >= 0.3 is 11.9 Å². The second kappa shape index (κ2) is 30.3. The third kappa shape index (κ3) is 17.7. The van der Waals surface area contributed by atoms with Crippen molar-refractivity contribution < 1.29 is 38.0 Å². The number of nitrogens with two attached hydrogens (primary N) is 1. The third-order valence-electron chi connectivity index (χ3n) is 13.3. The van der Waals surface area contributed by atoms with E-state index in [0.717, 1.165) is 56.0 Å². The molecule has 0 radical (unpaired) electrons. The van der Waals surface area contributed by atoms with Crippen molar-refractivity contribution in [2.24, 2.45) is 11.7 Å². The lowest BCUT2D eigenvalue weighted by atomic mass is 9.92. The number of dihydropyridines is 1. The fourth-order valence-corrected chi connectivity index (χ4v) is 9.17. The van der Waals surface area contributed by atoms with Crippen molar-refractivity contribution in [2.45, 2.75) is 138 Å². The number of halogens is 2. The number of rotatable bonds is 19. The van der Waals surface area contributed by atoms with E-state index in [1.165, 1.54) is 32.5 Å². The number of aromatic nitrogens is 1. The van der Waals surface area contributed by atoms with Crippen LogP contribution in [0.15, 0.2) is 103 Å². The van der Waals surface area contributed by atoms with E-state index in [1.54, 1.807) is 42.6 Å². The maximum atomic E-state index is 12.4. The summed E-state index contributed by atoms with van der Waals surface area (Å²) in [4.78, 5) is 29.0. The lowest BCUT2D eigenvalue weighted by molar-refractivity contribution is -0.143. The molecule has 0 amide bonds. The van der Waals surface area contributed by atoms with Crippen molar-refractivity contribution in [3.05, 3.63) is 157 Å². The molecule has 17 heteroatoms. The molecule has 418 valence electrons. The van der Waals surface area contributed by atoms with E-state index in [2.05, 4.69) is 85.6 Å². The molecule has 1 aromatic heterocycles. The van der Waals surface area contributed by atoms with E-state index < -0.39 is 12.1 Å². The minimum atomic E-state index is -0.456. The monoisotopic (exact) mass is 1110 g/mol. The lowest BCUT2D eigenvalue weighted by Gasteiger charge is -2.19. The first-order valence-electron chi connectivity index (χ1n) is 26.8. The van der Waals surface area contributed by atoms with Crippen molar-refractivity contribution in [3.8, 4) is 46.3 Å². The standard InChI is InChI=1S/C54H52Cl2N6O8.C4H8.C3H8.CH5N/c1-31-11-47(53(63)69-31)61-25-41-15-45(55)51(17-49(41)65-27-37-13-35(19-57)21-59-23-37)67-29-39-7-5-9-43(33(39)3)44-10-6-8-40(34(44)4)30-68-52-18-50(66-28-38-14-36(20-58)22-60-24-38)42(16-46(52)56)26-62-48-12-32(2)70-54(48)64;1-4-2-3-4;1-3-2;1-2/h5-10,13-18,21,23-24,31-32,47-48,60-62H,11-12,22,25-30H2,1-4H3;4H,2-3H2,1H3;3H2,1-2H3;2H2,1H3. The summed E-state index contributed by atoms with van der Waals surface area (Å²) in [6, 6.07) is 24.4. The van der Waals surface area contributed by atoms with Crippen molar-refractivity contribution in [3.63, 3.8) is 0 Å². The molecule has 4 unspecified atom stereocenters. The largest absolute Gasteiger partial charge is 0.488 e. The molecular formula is C62H73Cl2N7O8. The summed E-state index contributed by atoms with van der Waals surface area (Å²) in [5.74, 6) is 2.35. The molecule has 0 spiro atoms. The van der Waals surface area contributed by atoms with Crippen molar-refractivity contribution >= 4 is 35.1 Å². The first kappa shape index (κ1) is 61.1. The van der Waals surface area contributed by atoms with Gasteiger partial charge in [0.2, 0.25) is 0 Å². The fourth-order valence-electron chi connectivity index (χ4n) is 8.69. The van der Waals surface area contributed by atoms with Crippen LogP contribution in [0.3, 0.4) is 0 Å². The minimum Gasteiger partial charge on any atom is -0.488 e. The Kier molecular flexibility index (Phi) is 23.4. The molecular weight excluding hydrogens is 1040 g/mol. The molecule has 79 heavy (non-hydrogen) atoms. The molecule has 4 aliphatic rings. The van der Waals surface area contributed by atoms with Crippen LogP contribution in [0.5, 0.6) is 23.0 Å². The number of pyridine rings is 1. The predicted octanol–water partition coefficient (Wildman–Crippen LogP) is 11.6. The highest BCUT2D eigenvalue weighted by Crippen LogP contribution is 2.38. The lowest BCUT2D eigenvalue weighted by Crippen LogP contribution is -2.32. The summed E-state index contributed by atoms with van der Waals surface area (Å²) >= 11 is 13.8. The Morgan fingerprint density at radius 2 is 1.16 bits per heavy atom. The zero-order chi connectivity index (χ0) is 57.0. The number of hydrogen-bond acceptors (Lipinski definition) is 15. The number of hydrogen-bond donors (Lipinski definition) is 4. The minimum absolute atomic E-state index is 0.136. The highest BCUT2D eigenvalue weighted by Gasteiger charge is 2.33. The normalized spacial score (nSPS) is 17.9. The molecule has 4 heterocycles. The van der Waals surface area contributed by atoms with Gasteiger partial charge in [0.25, 0.3) is 0 Å². The van der Waals surface area contributed by atoms with Gasteiger partial charge < -0.3 is 50.1 Å². The van der Waals surface area contributed by atoms with Crippen molar-refractivity contribution in [1.82, 2.24) is 20.9 Å². The Bertz CT molecular complexity index is 3060. The predicted molar refractivity (Wildman–Crippen MR) is 308 cm³/mol. The van der Waals surface area contributed by atoms with Gasteiger partial charge in [0.15, 0.2) is 0 Å². The maximum absolute atomic E-state index is 12.4. The average Bonchev–Trinajstić information content (AvgIpc) is 4.07. The quantitative estimate of drug-likeness (QED) is 0.0566. The number of carbonyl (C=O) groups is 2. The van der Waals surface area contributed by atoms with E-state index in [4.69, 9.17) is 51.6 Å². The zero-order valence-corrected chi connectivity index (χ0v) is 48.0. The average molecular weight is 1120 g/mol. The van der Waals surface area contributed by atoms with Crippen LogP contribution in [-0.4, -0.2) is 61.4 Å². The Balaban J connectivity index is 0.00000104. The fraction of sp³-hybridized carbons (Fsp3) is 0.403. The van der Waals surface area contributed by atoms with Gasteiger partial charge in [-0.3, -0.25) is 14.6 Å². The summed E-state index contributed by atoms with van der Waals surface area (Å²) < 4.78 is 36.2. The second-order valence-electron chi connectivity index (χ2n) is 19.9. The van der Waals surface area contributed by atoms with Crippen LogP contribution in [-0.2, 0) is 52.0 Å². The molecule has 4 aromatic carbocycles. The molecule has 1 aliphatic carbocycles. The van der Waals surface area contributed by atoms with E-state index in [-0.39, 0.29) is 57.1 Å². The summed E-state index contributed by atoms with van der Waals surface area (Å²) in [6.45, 7) is 16.2. The molecule has 5 aromatic rings. The molecule has 3 aliphatic heterocycles. The van der Waals surface area contributed by atoms with Gasteiger partial charge in [0, 0.05) is 91.0 Å². The summed E-state index contributed by atoms with van der Waals surface area (Å²) in [5.41, 5.74) is 14.5. The van der Waals surface area contributed by atoms with Gasteiger partial charge in [-0.15, -0.1) is 0 Å². The van der Waals surface area contributed by atoms with Gasteiger partial charge in [-0.1, -0.05) is 99.6 Å². The molecule has 1 saturated carbocycles. The molecule has 0 bridgehead atoms. The maximum Gasteiger partial charge on any atom is 0.323 e. The molecule has 2 saturated heterocycles. The van der Waals surface area contributed by atoms with Gasteiger partial charge in [0.1, 0.15) is 79.8 Å². The van der Waals surface area contributed by atoms with Gasteiger partial charge in [0.05, 0.1) is 21.7 Å². The van der Waals surface area contributed by atoms with Crippen LogP contribution in [0, 0.1) is 42.4 Å². The van der Waals surface area contributed by atoms with E-state index in [1.807, 2.05) is 44.3 Å². The molecule has 4 atom stereocenters. The Labute approximate surface area is 475 Å². The number of nitriles is 2. The number of cyclic esters (lactones) is 2. The summed E-state index contributed by atoms with van der Waals surface area (Å²) in [6.07, 6.45) is 11.7. The van der Waals surface area contributed by atoms with Crippen LogP contribution < -0.4 is 40.6 Å². The van der Waals surface area contributed by atoms with Gasteiger partial charge in [-0.2, -0.15) is 10.5 Å². The van der Waals surface area contributed by atoms with E-state index in [9.17, 15) is 20.1 Å². The SMILES string of the molecule is CC1CC1.CCC.CN.Cc1c(COc2cc(OCC3=CNCC(C#N)=C3)c(CNC3CC(C)OC3=O)cc2Cl)cccc1-c1cccc(COc2cc(OCc3cncc(C#N)c3)c(CNC3CC(C)OC3=O)cc2Cl)c1C. The van der Waals surface area contributed by atoms with Gasteiger partial charge in [-0.05, 0) is 98.3 Å². The number of esters is 2. The molecule has 9 rings (SSSR count). The Hall–Kier alpha value is -7.11. The Morgan fingerprint density at radius 3 is 1.61 bits per heavy atom. The number of nitrogens with zero attached hydrogens (tertiary/aromatic N) is 3. The van der Waals surface area contributed by atoms with Crippen LogP contribution in [0.4, 0.5) is 0 Å². The van der Waals surface area contributed by atoms with Crippen molar-refractivity contribution in [1.29, 1.82) is 10.5 Å². The van der Waals surface area contributed by atoms with Crippen LogP contribution in [0.1, 0.15) is 111 Å². The Morgan fingerprint density at radius 1 is 0.684 bits per heavy atom. The number of benzene rings is 4. The highest BCUT2D eigenvalue weighted by molar-refractivity contribution is 6.32. The van der Waals surface area contributed by atoms with Crippen molar-refractivity contribution in [2.75, 3.05) is 20.2 Å². The molecule has 5 N–H and O–H groups in total. The summed E-state index contributed by atoms with van der Waals surface area (Å²) in [5, 5.41) is 29.3.